The van der Waals surface area contributed by atoms with Crippen molar-refractivity contribution in [2.45, 2.75) is 32.5 Å². The van der Waals surface area contributed by atoms with E-state index in [9.17, 15) is 0 Å². The van der Waals surface area contributed by atoms with Crippen molar-refractivity contribution in [1.29, 1.82) is 0 Å². The van der Waals surface area contributed by atoms with Crippen molar-refractivity contribution in [3.05, 3.63) is 11.2 Å². The van der Waals surface area contributed by atoms with E-state index >= 15 is 0 Å². The molecule has 82 valence electrons. The van der Waals surface area contributed by atoms with Gasteiger partial charge in [-0.3, -0.25) is 4.68 Å². The molecule has 0 saturated carbocycles. The van der Waals surface area contributed by atoms with Crippen molar-refractivity contribution in [3.63, 3.8) is 0 Å². The Morgan fingerprint density at radius 2 is 2.27 bits per heavy atom. The van der Waals surface area contributed by atoms with Gasteiger partial charge in [0.15, 0.2) is 0 Å². The summed E-state index contributed by atoms with van der Waals surface area (Å²) in [5.74, 6) is 0. The largest absolute Gasteiger partial charge is 0.516 e. The first-order valence-electron chi connectivity index (χ1n) is 4.93. The van der Waals surface area contributed by atoms with Crippen LogP contribution in [-0.4, -0.2) is 28.6 Å². The third kappa shape index (κ3) is 1.91. The highest BCUT2D eigenvalue weighted by Crippen LogP contribution is 2.26. The van der Waals surface area contributed by atoms with Crippen LogP contribution in [0.5, 0.6) is 0 Å². The molecule has 1 aliphatic heterocycles. The number of hydrogen-bond acceptors (Lipinski definition) is 3. The molecule has 4 nitrogen and oxygen atoms in total. The lowest BCUT2D eigenvalue weighted by molar-refractivity contribution is 0.0842. The fourth-order valence-corrected chi connectivity index (χ4v) is 1.61. The molecule has 1 fully saturated rings. The van der Waals surface area contributed by atoms with E-state index in [2.05, 4.69) is 5.10 Å². The molecule has 2 rings (SSSR count). The van der Waals surface area contributed by atoms with Crippen LogP contribution in [-0.2, 0) is 16.4 Å². The molecular weight excluding hydrogens is 214 g/mol. The van der Waals surface area contributed by atoms with Crippen molar-refractivity contribution in [2.24, 2.45) is 7.05 Å². The Morgan fingerprint density at radius 3 is 2.67 bits per heavy atom. The molecule has 15 heavy (non-hydrogen) atoms. The Labute approximate surface area is 94.6 Å². The Bertz CT molecular complexity index is 361. The van der Waals surface area contributed by atoms with Gasteiger partial charge in [0.1, 0.15) is 5.15 Å². The Morgan fingerprint density at radius 1 is 1.60 bits per heavy atom. The molecule has 2 heterocycles. The summed E-state index contributed by atoms with van der Waals surface area (Å²) < 4.78 is 13.0. The average Bonchev–Trinajstić information content (AvgIpc) is 2.57. The predicted octanol–water partition coefficient (Wildman–Crippen LogP) is 0.983. The second-order valence-electron chi connectivity index (χ2n) is 4.35. The maximum Gasteiger partial charge on any atom is 0.516 e. The van der Waals surface area contributed by atoms with Gasteiger partial charge in [0, 0.05) is 7.05 Å². The van der Waals surface area contributed by atoms with E-state index in [1.165, 1.54) is 0 Å². The third-order valence-corrected chi connectivity index (χ3v) is 3.15. The molecule has 0 bridgehead atoms. The number of nitrogens with zero attached hydrogens (tertiary/aromatic N) is 2. The van der Waals surface area contributed by atoms with Gasteiger partial charge in [-0.25, -0.2) is 0 Å². The number of aromatic nitrogens is 2. The van der Waals surface area contributed by atoms with Crippen LogP contribution < -0.4 is 5.59 Å². The van der Waals surface area contributed by atoms with E-state index in [1.807, 2.05) is 20.8 Å². The van der Waals surface area contributed by atoms with Gasteiger partial charge < -0.3 is 9.31 Å². The summed E-state index contributed by atoms with van der Waals surface area (Å²) in [6.45, 7) is 6.00. The van der Waals surface area contributed by atoms with Crippen LogP contribution >= 0.6 is 11.6 Å². The molecule has 1 atom stereocenters. The van der Waals surface area contributed by atoms with Gasteiger partial charge >= 0.3 is 7.12 Å². The molecule has 0 N–H and O–H groups in total. The van der Waals surface area contributed by atoms with Crippen molar-refractivity contribution in [3.8, 4) is 0 Å². The highest BCUT2D eigenvalue weighted by molar-refractivity contribution is 6.61. The molecule has 1 aliphatic rings. The summed E-state index contributed by atoms with van der Waals surface area (Å²) in [7, 11) is 1.38. The molecule has 6 heteroatoms. The third-order valence-electron chi connectivity index (χ3n) is 2.80. The first-order chi connectivity index (χ1) is 6.90. The zero-order valence-electron chi connectivity index (χ0n) is 9.32. The summed E-state index contributed by atoms with van der Waals surface area (Å²) in [4.78, 5) is 0. The zero-order chi connectivity index (χ0) is 11.2. The zero-order valence-corrected chi connectivity index (χ0v) is 10.1. The quantitative estimate of drug-likeness (QED) is 0.673. The fraction of sp³-hybridized carbons (Fsp3) is 0.667. The van der Waals surface area contributed by atoms with Gasteiger partial charge in [-0.1, -0.05) is 11.6 Å². The maximum absolute atomic E-state index is 5.90. The second kappa shape index (κ2) is 3.51. The van der Waals surface area contributed by atoms with Gasteiger partial charge in [0.2, 0.25) is 0 Å². The number of halogens is 1. The van der Waals surface area contributed by atoms with Crippen LogP contribution in [0.15, 0.2) is 6.07 Å². The summed E-state index contributed by atoms with van der Waals surface area (Å²) >= 11 is 5.90. The minimum absolute atomic E-state index is 0.0447. The van der Waals surface area contributed by atoms with E-state index in [4.69, 9.17) is 20.9 Å². The van der Waals surface area contributed by atoms with Crippen LogP contribution in [0.25, 0.3) is 0 Å². The highest BCUT2D eigenvalue weighted by Gasteiger charge is 2.45. The van der Waals surface area contributed by atoms with E-state index in [-0.39, 0.29) is 11.7 Å². The second-order valence-corrected chi connectivity index (χ2v) is 4.73. The molecule has 1 saturated heterocycles. The minimum Gasteiger partial charge on any atom is -0.401 e. The fourth-order valence-electron chi connectivity index (χ4n) is 1.46. The van der Waals surface area contributed by atoms with Crippen LogP contribution in [0.4, 0.5) is 0 Å². The summed E-state index contributed by atoms with van der Waals surface area (Å²) in [5, 5.41) is 4.81. The summed E-state index contributed by atoms with van der Waals surface area (Å²) in [6.07, 6.45) is 0.0447. The van der Waals surface area contributed by atoms with Crippen molar-refractivity contribution < 1.29 is 9.31 Å². The molecule has 0 amide bonds. The molecular formula is C9H14BClN2O2. The number of hydrogen-bond donors (Lipinski definition) is 0. The number of rotatable bonds is 1. The van der Waals surface area contributed by atoms with E-state index < -0.39 is 7.12 Å². The van der Waals surface area contributed by atoms with E-state index in [0.29, 0.717) is 5.15 Å². The topological polar surface area (TPSA) is 36.3 Å². The number of aryl methyl sites for hydroxylation is 1. The minimum atomic E-state index is -0.409. The van der Waals surface area contributed by atoms with Gasteiger partial charge in [0.25, 0.3) is 0 Å². The van der Waals surface area contributed by atoms with Crippen LogP contribution in [0.3, 0.4) is 0 Å². The van der Waals surface area contributed by atoms with Crippen molar-refractivity contribution in [1.82, 2.24) is 9.78 Å². The molecule has 1 aromatic heterocycles. The summed E-state index contributed by atoms with van der Waals surface area (Å²) in [5.41, 5.74) is 0.439. The van der Waals surface area contributed by atoms with Gasteiger partial charge in [-0.2, -0.15) is 5.10 Å². The maximum atomic E-state index is 5.90. The van der Waals surface area contributed by atoms with E-state index in [1.54, 1.807) is 17.8 Å². The highest BCUT2D eigenvalue weighted by atomic mass is 35.5. The molecule has 0 spiro atoms. The normalized spacial score (nSPS) is 24.9. The van der Waals surface area contributed by atoms with Gasteiger partial charge in [0.05, 0.1) is 17.3 Å². The van der Waals surface area contributed by atoms with Crippen LogP contribution in [0, 0.1) is 0 Å². The van der Waals surface area contributed by atoms with Crippen molar-refractivity contribution in [2.75, 3.05) is 0 Å². The monoisotopic (exact) mass is 228 g/mol. The van der Waals surface area contributed by atoms with Crippen LogP contribution in [0.1, 0.15) is 20.8 Å². The Kier molecular flexibility index (Phi) is 2.57. The average molecular weight is 228 g/mol. The summed E-state index contributed by atoms with van der Waals surface area (Å²) in [6, 6.07) is 1.76. The van der Waals surface area contributed by atoms with Crippen molar-refractivity contribution >= 4 is 24.3 Å². The SMILES string of the molecule is CC1OB(c2cc(Cl)n(C)n2)OC1(C)C. The lowest BCUT2D eigenvalue weighted by Gasteiger charge is -2.21. The predicted molar refractivity (Wildman–Crippen MR) is 59.3 cm³/mol. The first kappa shape index (κ1) is 11.0. The first-order valence-corrected chi connectivity index (χ1v) is 5.30. The lowest BCUT2D eigenvalue weighted by Crippen LogP contribution is -2.35. The van der Waals surface area contributed by atoms with Gasteiger partial charge in [-0.15, -0.1) is 0 Å². The lowest BCUT2D eigenvalue weighted by atomic mass is 9.85. The molecule has 0 aromatic carbocycles. The molecule has 1 unspecified atom stereocenters. The molecule has 1 aromatic rings. The van der Waals surface area contributed by atoms with Gasteiger partial charge in [-0.05, 0) is 26.8 Å². The Balaban J connectivity index is 2.21. The molecule has 0 radical (unpaired) electrons. The smallest absolute Gasteiger partial charge is 0.401 e. The molecule has 0 aliphatic carbocycles. The Hall–Kier alpha value is -0.515. The van der Waals surface area contributed by atoms with Crippen LogP contribution in [0.2, 0.25) is 5.15 Å². The standard InChI is InChI=1S/C9H14BClN2O2/c1-6-9(2,3)15-10(14-6)7-5-8(11)13(4)12-7/h5-6H,1-4H3. The van der Waals surface area contributed by atoms with E-state index in [0.717, 1.165) is 5.59 Å².